The first-order valence-electron chi connectivity index (χ1n) is 9.48. The lowest BCUT2D eigenvalue weighted by Gasteiger charge is -2.42. The molecule has 1 unspecified atom stereocenters. The fraction of sp³-hybridized carbons (Fsp3) is 0.368. The van der Waals surface area contributed by atoms with E-state index in [1.54, 1.807) is 24.3 Å². The molecule has 0 bridgehead atoms. The minimum absolute atomic E-state index is 0.131. The Kier molecular flexibility index (Phi) is 5.90. The zero-order chi connectivity index (χ0) is 22.4. The Morgan fingerprint density at radius 2 is 2.23 bits per heavy atom. The Balaban J connectivity index is 1.54. The van der Waals surface area contributed by atoms with Gasteiger partial charge in [0.2, 0.25) is 5.91 Å². The molecule has 0 saturated carbocycles. The van der Waals surface area contributed by atoms with Crippen molar-refractivity contribution in [2.45, 2.75) is 36.6 Å². The van der Waals surface area contributed by atoms with Crippen molar-refractivity contribution in [1.29, 1.82) is 0 Å². The third kappa shape index (κ3) is 4.37. The summed E-state index contributed by atoms with van der Waals surface area (Å²) in [6, 6.07) is 2.38. The minimum Gasteiger partial charge on any atom is -0.351 e. The van der Waals surface area contributed by atoms with Crippen LogP contribution < -0.4 is 10.0 Å². The fourth-order valence-electron chi connectivity index (χ4n) is 3.69. The number of amides is 1. The number of nitrogens with one attached hydrogen (secondary N) is 3. The summed E-state index contributed by atoms with van der Waals surface area (Å²) in [7, 11) is -2.52. The van der Waals surface area contributed by atoms with Crippen LogP contribution in [0.1, 0.15) is 25.5 Å². The third-order valence-electron chi connectivity index (χ3n) is 5.58. The number of aromatic amines is 1. The number of rotatable bonds is 4. The highest BCUT2D eigenvalue weighted by atomic mass is 35.5. The molecule has 8 nitrogen and oxygen atoms in total. The van der Waals surface area contributed by atoms with Gasteiger partial charge in [-0.1, -0.05) is 17.7 Å². The predicted octanol–water partition coefficient (Wildman–Crippen LogP) is 2.98. The number of hydrogen-bond acceptors (Lipinski definition) is 5. The number of aromatic nitrogens is 2. The number of halogens is 2. The van der Waals surface area contributed by atoms with E-state index in [2.05, 4.69) is 20.0 Å². The summed E-state index contributed by atoms with van der Waals surface area (Å²) in [4.78, 5) is 21.1. The molecular formula is C19H21ClFN5O3S2. The van der Waals surface area contributed by atoms with Crippen molar-refractivity contribution in [3.05, 3.63) is 53.3 Å². The molecule has 166 valence electrons. The van der Waals surface area contributed by atoms with E-state index in [0.29, 0.717) is 12.1 Å². The molecule has 1 saturated heterocycles. The Hall–Kier alpha value is -1.92. The number of thioether (sulfide) groups is 1. The molecule has 4 rings (SSSR count). The summed E-state index contributed by atoms with van der Waals surface area (Å²) in [5, 5.41) is 2.51. The predicted molar refractivity (Wildman–Crippen MR) is 119 cm³/mol. The van der Waals surface area contributed by atoms with Crippen molar-refractivity contribution in [2.24, 2.45) is 0 Å². The normalized spacial score (nSPS) is 28.3. The number of benzene rings is 1. The zero-order valence-corrected chi connectivity index (χ0v) is 19.1. The fourth-order valence-corrected chi connectivity index (χ4v) is 6.69. The van der Waals surface area contributed by atoms with Crippen molar-refractivity contribution in [3.8, 4) is 0 Å². The summed E-state index contributed by atoms with van der Waals surface area (Å²) in [5.74, 6) is -1.11. The maximum atomic E-state index is 13.4. The second-order valence-corrected chi connectivity index (χ2v) is 11.4. The summed E-state index contributed by atoms with van der Waals surface area (Å²) in [6.45, 7) is 1.97. The first-order valence-corrected chi connectivity index (χ1v) is 12.1. The van der Waals surface area contributed by atoms with Crippen molar-refractivity contribution in [3.63, 3.8) is 0 Å². The van der Waals surface area contributed by atoms with Gasteiger partial charge in [-0.2, -0.15) is 17.4 Å². The van der Waals surface area contributed by atoms with Gasteiger partial charge < -0.3 is 10.3 Å². The Morgan fingerprint density at radius 3 is 2.90 bits per heavy atom. The van der Waals surface area contributed by atoms with Crippen LogP contribution >= 0.6 is 23.4 Å². The van der Waals surface area contributed by atoms with Crippen LogP contribution in [-0.4, -0.2) is 52.5 Å². The molecule has 0 spiro atoms. The van der Waals surface area contributed by atoms with Crippen LogP contribution in [0.4, 0.5) is 10.1 Å². The average molecular weight is 486 g/mol. The van der Waals surface area contributed by atoms with E-state index in [9.17, 15) is 17.6 Å². The zero-order valence-electron chi connectivity index (χ0n) is 16.7. The average Bonchev–Trinajstić information content (AvgIpc) is 3.37. The molecule has 31 heavy (non-hydrogen) atoms. The van der Waals surface area contributed by atoms with E-state index in [4.69, 9.17) is 11.6 Å². The number of nitrogens with zero attached hydrogens (tertiary/aromatic N) is 2. The second-order valence-electron chi connectivity index (χ2n) is 7.70. The smallest absolute Gasteiger partial charge is 0.280 e. The maximum Gasteiger partial charge on any atom is 0.280 e. The number of hydrogen-bond donors (Lipinski definition) is 3. The van der Waals surface area contributed by atoms with Crippen LogP contribution in [0.25, 0.3) is 4.91 Å². The van der Waals surface area contributed by atoms with Gasteiger partial charge >= 0.3 is 0 Å². The molecule has 1 aromatic heterocycles. The van der Waals surface area contributed by atoms with Crippen LogP contribution in [0.5, 0.6) is 0 Å². The highest BCUT2D eigenvalue weighted by molar-refractivity contribution is 8.09. The number of allylic oxidation sites excluding steroid dienone is 1. The molecule has 1 amide bonds. The number of carbonyl (C=O) groups is 1. The van der Waals surface area contributed by atoms with Gasteiger partial charge in [-0.05, 0) is 38.0 Å². The van der Waals surface area contributed by atoms with Crippen LogP contribution in [0.15, 0.2) is 36.8 Å². The highest BCUT2D eigenvalue weighted by Gasteiger charge is 2.49. The van der Waals surface area contributed by atoms with E-state index in [1.807, 2.05) is 13.0 Å². The molecule has 3 atom stereocenters. The van der Waals surface area contributed by atoms with Crippen molar-refractivity contribution >= 4 is 50.1 Å². The Bertz CT molecular complexity index is 1140. The first-order chi connectivity index (χ1) is 14.6. The number of anilines is 1. The van der Waals surface area contributed by atoms with E-state index in [0.717, 1.165) is 21.0 Å². The second kappa shape index (κ2) is 8.21. The minimum atomic E-state index is -3.88. The SMILES string of the molecule is CN1[C@H](C(=O)Nc2ccc(F)c(Cl)c2)C[C@H](C2(C)CC=C(c3c[nH]cn3)S2)NS1(=O)=O. The lowest BCUT2D eigenvalue weighted by atomic mass is 9.91. The molecule has 2 aliphatic heterocycles. The summed E-state index contributed by atoms with van der Waals surface area (Å²) < 4.78 is 42.2. The maximum absolute atomic E-state index is 13.4. The molecule has 12 heteroatoms. The van der Waals surface area contributed by atoms with Gasteiger partial charge in [0.05, 0.1) is 17.0 Å². The number of carbonyl (C=O) groups excluding carboxylic acids is 1. The number of likely N-dealkylation sites (N-methyl/N-ethyl adjacent to an activating group) is 1. The standard InChI is InChI=1S/C19H21ClFN5O3S2/c1-19(6-5-16(30-19)14-9-22-10-23-14)17-8-15(26(2)31(28,29)25-17)18(27)24-11-3-4-13(21)12(20)7-11/h3-5,7,9-10,15,17,25H,6,8H2,1-2H3,(H,22,23)(H,24,27)/t15-,17+,19?/m0/s1. The third-order valence-corrected chi connectivity index (χ3v) is 8.98. The Labute approximate surface area is 188 Å². The van der Waals surface area contributed by atoms with Crippen LogP contribution in [0.2, 0.25) is 5.02 Å². The molecule has 2 aromatic rings. The monoisotopic (exact) mass is 485 g/mol. The molecule has 1 aromatic carbocycles. The lowest BCUT2D eigenvalue weighted by Crippen LogP contribution is -2.63. The first kappa shape index (κ1) is 22.3. The van der Waals surface area contributed by atoms with E-state index in [1.165, 1.54) is 19.2 Å². The quantitative estimate of drug-likeness (QED) is 0.617. The van der Waals surface area contributed by atoms with Crippen LogP contribution in [0.3, 0.4) is 0 Å². The summed E-state index contributed by atoms with van der Waals surface area (Å²) in [5.41, 5.74) is 1.09. The molecule has 1 fully saturated rings. The van der Waals surface area contributed by atoms with Crippen molar-refractivity contribution in [2.75, 3.05) is 12.4 Å². The van der Waals surface area contributed by atoms with E-state index < -0.39 is 38.8 Å². The van der Waals surface area contributed by atoms with Crippen LogP contribution in [0, 0.1) is 5.82 Å². The van der Waals surface area contributed by atoms with Gasteiger partial charge in [0.25, 0.3) is 10.2 Å². The molecule has 3 heterocycles. The molecule has 3 N–H and O–H groups in total. The molecule has 2 aliphatic rings. The molecule has 0 radical (unpaired) electrons. The van der Waals surface area contributed by atoms with Gasteiger partial charge in [0.1, 0.15) is 11.9 Å². The number of imidazole rings is 1. The Morgan fingerprint density at radius 1 is 1.45 bits per heavy atom. The van der Waals surface area contributed by atoms with Crippen LogP contribution in [-0.2, 0) is 15.0 Å². The highest BCUT2D eigenvalue weighted by Crippen LogP contribution is 2.49. The molecule has 0 aliphatic carbocycles. The van der Waals surface area contributed by atoms with E-state index >= 15 is 0 Å². The number of H-pyrrole nitrogens is 1. The van der Waals surface area contributed by atoms with Crippen molar-refractivity contribution < 1.29 is 17.6 Å². The summed E-state index contributed by atoms with van der Waals surface area (Å²) in [6.07, 6.45) is 6.30. The van der Waals surface area contributed by atoms with Gasteiger partial charge in [-0.3, -0.25) is 4.79 Å². The van der Waals surface area contributed by atoms with Crippen molar-refractivity contribution in [1.82, 2.24) is 19.0 Å². The van der Waals surface area contributed by atoms with Gasteiger partial charge in [-0.25, -0.2) is 9.37 Å². The van der Waals surface area contributed by atoms with Gasteiger partial charge in [-0.15, -0.1) is 11.8 Å². The van der Waals surface area contributed by atoms with E-state index in [-0.39, 0.29) is 11.4 Å². The topological polar surface area (TPSA) is 107 Å². The summed E-state index contributed by atoms with van der Waals surface area (Å²) >= 11 is 7.32. The molecular weight excluding hydrogens is 465 g/mol. The van der Waals surface area contributed by atoms with Gasteiger partial charge in [0, 0.05) is 34.6 Å². The van der Waals surface area contributed by atoms with Gasteiger partial charge in [0.15, 0.2) is 0 Å². The largest absolute Gasteiger partial charge is 0.351 e. The lowest BCUT2D eigenvalue weighted by molar-refractivity contribution is -0.120.